The molecule has 0 N–H and O–H groups in total. The van der Waals surface area contributed by atoms with Crippen LogP contribution in [0.5, 0.6) is 0 Å². The first-order valence-electron chi connectivity index (χ1n) is 4.21. The molecule has 2 aromatic rings. The molecule has 0 saturated heterocycles. The van der Waals surface area contributed by atoms with Gasteiger partial charge in [0.25, 0.3) is 5.56 Å². The SMILES string of the molecule is Cc1cc2ncc(=O)n(C)c2cc1Br. The smallest absolute Gasteiger partial charge is 0.269 e. The maximum absolute atomic E-state index is 11.3. The maximum atomic E-state index is 11.3. The zero-order valence-corrected chi connectivity index (χ0v) is 9.50. The van der Waals surface area contributed by atoms with Crippen molar-refractivity contribution in [1.82, 2.24) is 9.55 Å². The minimum Gasteiger partial charge on any atom is -0.308 e. The summed E-state index contributed by atoms with van der Waals surface area (Å²) in [7, 11) is 1.74. The Morgan fingerprint density at radius 2 is 2.14 bits per heavy atom. The number of hydrogen-bond donors (Lipinski definition) is 0. The Morgan fingerprint density at radius 1 is 1.43 bits per heavy atom. The molecule has 0 unspecified atom stereocenters. The predicted molar refractivity (Wildman–Crippen MR) is 59.4 cm³/mol. The summed E-state index contributed by atoms with van der Waals surface area (Å²) in [5, 5.41) is 0. The average Bonchev–Trinajstić information content (AvgIpc) is 2.15. The molecule has 0 saturated carbocycles. The van der Waals surface area contributed by atoms with Crippen LogP contribution in [0.4, 0.5) is 0 Å². The number of aryl methyl sites for hydroxylation is 2. The summed E-state index contributed by atoms with van der Waals surface area (Å²) in [6.07, 6.45) is 1.34. The molecule has 4 heteroatoms. The van der Waals surface area contributed by atoms with Crippen LogP contribution < -0.4 is 5.56 Å². The van der Waals surface area contributed by atoms with Gasteiger partial charge >= 0.3 is 0 Å². The largest absolute Gasteiger partial charge is 0.308 e. The molecule has 0 amide bonds. The van der Waals surface area contributed by atoms with E-state index in [0.717, 1.165) is 21.1 Å². The lowest BCUT2D eigenvalue weighted by molar-refractivity contribution is 0.891. The van der Waals surface area contributed by atoms with Crippen molar-refractivity contribution in [1.29, 1.82) is 0 Å². The highest BCUT2D eigenvalue weighted by Crippen LogP contribution is 2.21. The van der Waals surface area contributed by atoms with Gasteiger partial charge in [-0.15, -0.1) is 0 Å². The number of hydrogen-bond acceptors (Lipinski definition) is 2. The van der Waals surface area contributed by atoms with Crippen molar-refractivity contribution >= 4 is 27.0 Å². The maximum Gasteiger partial charge on any atom is 0.269 e. The van der Waals surface area contributed by atoms with E-state index in [1.807, 2.05) is 19.1 Å². The number of halogens is 1. The highest BCUT2D eigenvalue weighted by Gasteiger charge is 2.03. The van der Waals surface area contributed by atoms with Crippen molar-refractivity contribution < 1.29 is 0 Å². The van der Waals surface area contributed by atoms with E-state index in [1.54, 1.807) is 11.6 Å². The zero-order valence-electron chi connectivity index (χ0n) is 7.91. The zero-order chi connectivity index (χ0) is 10.3. The van der Waals surface area contributed by atoms with E-state index in [1.165, 1.54) is 6.20 Å². The Morgan fingerprint density at radius 3 is 2.86 bits per heavy atom. The summed E-state index contributed by atoms with van der Waals surface area (Å²) < 4.78 is 2.58. The highest BCUT2D eigenvalue weighted by molar-refractivity contribution is 9.10. The van der Waals surface area contributed by atoms with E-state index in [9.17, 15) is 4.79 Å². The summed E-state index contributed by atoms with van der Waals surface area (Å²) in [5.41, 5.74) is 2.71. The predicted octanol–water partition coefficient (Wildman–Crippen LogP) is 2.00. The number of fused-ring (bicyclic) bond motifs is 1. The minimum atomic E-state index is -0.0896. The molecule has 1 aromatic heterocycles. The van der Waals surface area contributed by atoms with Crippen LogP contribution >= 0.6 is 15.9 Å². The molecule has 0 aliphatic carbocycles. The van der Waals surface area contributed by atoms with E-state index < -0.39 is 0 Å². The Labute approximate surface area is 89.5 Å². The van der Waals surface area contributed by atoms with Crippen LogP contribution in [0.15, 0.2) is 27.6 Å². The van der Waals surface area contributed by atoms with E-state index in [2.05, 4.69) is 20.9 Å². The Balaban J connectivity index is 2.97. The fourth-order valence-electron chi connectivity index (χ4n) is 1.36. The van der Waals surface area contributed by atoms with Crippen LogP contribution in [-0.4, -0.2) is 9.55 Å². The van der Waals surface area contributed by atoms with Crippen molar-refractivity contribution in [2.45, 2.75) is 6.92 Å². The van der Waals surface area contributed by atoms with Crippen molar-refractivity contribution in [3.05, 3.63) is 38.7 Å². The molecule has 3 nitrogen and oxygen atoms in total. The topological polar surface area (TPSA) is 34.9 Å². The molecule has 2 rings (SSSR count). The van der Waals surface area contributed by atoms with E-state index in [0.29, 0.717) is 0 Å². The Hall–Kier alpha value is -1.16. The van der Waals surface area contributed by atoms with E-state index in [4.69, 9.17) is 0 Å². The van der Waals surface area contributed by atoms with Crippen LogP contribution in [0.2, 0.25) is 0 Å². The van der Waals surface area contributed by atoms with Crippen LogP contribution in [0.3, 0.4) is 0 Å². The van der Waals surface area contributed by atoms with Gasteiger partial charge in [0, 0.05) is 11.5 Å². The third kappa shape index (κ3) is 1.35. The molecule has 72 valence electrons. The fourth-order valence-corrected chi connectivity index (χ4v) is 1.69. The number of benzene rings is 1. The van der Waals surface area contributed by atoms with Crippen LogP contribution in [0, 0.1) is 6.92 Å². The third-order valence-corrected chi connectivity index (χ3v) is 3.12. The van der Waals surface area contributed by atoms with Gasteiger partial charge in [-0.25, -0.2) is 4.98 Å². The molecular weight excluding hydrogens is 244 g/mol. The molecule has 0 bridgehead atoms. The summed E-state index contributed by atoms with van der Waals surface area (Å²) in [5.74, 6) is 0. The normalized spacial score (nSPS) is 10.8. The summed E-state index contributed by atoms with van der Waals surface area (Å²) in [6.45, 7) is 2.00. The number of rotatable bonds is 0. The lowest BCUT2D eigenvalue weighted by Gasteiger charge is -2.05. The first-order chi connectivity index (χ1) is 6.59. The van der Waals surface area contributed by atoms with Crippen LogP contribution in [-0.2, 0) is 7.05 Å². The Kier molecular flexibility index (Phi) is 2.15. The molecule has 0 radical (unpaired) electrons. The molecule has 0 atom stereocenters. The quantitative estimate of drug-likeness (QED) is 0.719. The van der Waals surface area contributed by atoms with Gasteiger partial charge in [-0.3, -0.25) is 4.79 Å². The van der Waals surface area contributed by atoms with Gasteiger partial charge in [0.1, 0.15) is 0 Å². The standard InChI is InChI=1S/C10H9BrN2O/c1-6-3-8-9(4-7(6)11)13(2)10(14)5-12-8/h3-5H,1-2H3. The average molecular weight is 253 g/mol. The van der Waals surface area contributed by atoms with Crippen molar-refractivity contribution in [3.63, 3.8) is 0 Å². The van der Waals surface area contributed by atoms with Crippen LogP contribution in [0.1, 0.15) is 5.56 Å². The highest BCUT2D eigenvalue weighted by atomic mass is 79.9. The minimum absolute atomic E-state index is 0.0896. The van der Waals surface area contributed by atoms with Gasteiger partial charge < -0.3 is 4.57 Å². The monoisotopic (exact) mass is 252 g/mol. The second kappa shape index (κ2) is 3.20. The van der Waals surface area contributed by atoms with Gasteiger partial charge in [-0.2, -0.15) is 0 Å². The molecular formula is C10H9BrN2O. The van der Waals surface area contributed by atoms with Gasteiger partial charge in [-0.1, -0.05) is 15.9 Å². The lowest BCUT2D eigenvalue weighted by atomic mass is 10.2. The molecule has 0 aliphatic rings. The van der Waals surface area contributed by atoms with Crippen molar-refractivity contribution in [3.8, 4) is 0 Å². The second-order valence-electron chi connectivity index (χ2n) is 3.25. The van der Waals surface area contributed by atoms with Gasteiger partial charge in [0.2, 0.25) is 0 Å². The summed E-state index contributed by atoms with van der Waals surface area (Å²) >= 11 is 3.43. The molecule has 0 fully saturated rings. The van der Waals surface area contributed by atoms with Gasteiger partial charge in [0.15, 0.2) is 0 Å². The van der Waals surface area contributed by atoms with Crippen molar-refractivity contribution in [2.24, 2.45) is 7.05 Å². The van der Waals surface area contributed by atoms with Gasteiger partial charge in [0.05, 0.1) is 17.2 Å². The lowest BCUT2D eigenvalue weighted by Crippen LogP contribution is -2.16. The first-order valence-corrected chi connectivity index (χ1v) is 5.01. The molecule has 0 spiro atoms. The summed E-state index contributed by atoms with van der Waals surface area (Å²) in [4.78, 5) is 15.4. The van der Waals surface area contributed by atoms with Crippen molar-refractivity contribution in [2.75, 3.05) is 0 Å². The van der Waals surface area contributed by atoms with E-state index in [-0.39, 0.29) is 5.56 Å². The second-order valence-corrected chi connectivity index (χ2v) is 4.10. The number of nitrogens with zero attached hydrogens (tertiary/aromatic N) is 2. The van der Waals surface area contributed by atoms with Gasteiger partial charge in [-0.05, 0) is 24.6 Å². The molecule has 14 heavy (non-hydrogen) atoms. The fraction of sp³-hybridized carbons (Fsp3) is 0.200. The first kappa shape index (κ1) is 9.40. The molecule has 1 heterocycles. The number of aromatic nitrogens is 2. The van der Waals surface area contributed by atoms with Crippen LogP contribution in [0.25, 0.3) is 11.0 Å². The molecule has 0 aliphatic heterocycles. The van der Waals surface area contributed by atoms with E-state index >= 15 is 0 Å². The third-order valence-electron chi connectivity index (χ3n) is 2.26. The Bertz CT molecular complexity index is 560. The molecule has 1 aromatic carbocycles. The summed E-state index contributed by atoms with van der Waals surface area (Å²) in [6, 6.07) is 3.87.